The van der Waals surface area contributed by atoms with E-state index in [0.29, 0.717) is 0 Å². The van der Waals surface area contributed by atoms with Crippen LogP contribution in [0.3, 0.4) is 0 Å². The third-order valence-electron chi connectivity index (χ3n) is 3.29. The molecule has 0 amide bonds. The molecule has 0 aliphatic heterocycles. The minimum absolute atomic E-state index is 0.0687. The Morgan fingerprint density at radius 3 is 2.64 bits per heavy atom. The molecule has 1 nitrogen and oxygen atoms in total. The first-order valence-corrected chi connectivity index (χ1v) is 5.99. The number of benzene rings is 1. The lowest BCUT2D eigenvalue weighted by molar-refractivity contribution is 0.143. The van der Waals surface area contributed by atoms with E-state index in [-0.39, 0.29) is 5.54 Å². The quantitative estimate of drug-likeness (QED) is 0.859. The second-order valence-electron chi connectivity index (χ2n) is 4.32. The monoisotopic (exact) mass is 253 g/mol. The SMILES string of the molecule is CCC1CC(N)(c2ccccc2Br)C1. The van der Waals surface area contributed by atoms with Gasteiger partial charge in [-0.05, 0) is 30.4 Å². The fourth-order valence-electron chi connectivity index (χ4n) is 2.34. The molecule has 0 aromatic heterocycles. The van der Waals surface area contributed by atoms with Crippen molar-refractivity contribution in [1.29, 1.82) is 0 Å². The summed E-state index contributed by atoms with van der Waals surface area (Å²) in [5.41, 5.74) is 7.56. The Morgan fingerprint density at radius 1 is 1.43 bits per heavy atom. The highest BCUT2D eigenvalue weighted by Gasteiger charge is 2.41. The second-order valence-corrected chi connectivity index (χ2v) is 5.17. The molecule has 2 N–H and O–H groups in total. The first-order valence-electron chi connectivity index (χ1n) is 5.19. The van der Waals surface area contributed by atoms with Crippen molar-refractivity contribution in [3.05, 3.63) is 34.3 Å². The Balaban J connectivity index is 2.21. The van der Waals surface area contributed by atoms with Crippen LogP contribution in [0.1, 0.15) is 31.7 Å². The third kappa shape index (κ3) is 1.61. The van der Waals surface area contributed by atoms with Gasteiger partial charge in [-0.15, -0.1) is 0 Å². The average molecular weight is 254 g/mol. The van der Waals surface area contributed by atoms with E-state index in [1.807, 2.05) is 6.07 Å². The Hall–Kier alpha value is -0.340. The van der Waals surface area contributed by atoms with Crippen LogP contribution in [-0.4, -0.2) is 0 Å². The molecule has 1 saturated carbocycles. The predicted octanol–water partition coefficient (Wildman–Crippen LogP) is 3.42. The maximum Gasteiger partial charge on any atom is 0.0426 e. The van der Waals surface area contributed by atoms with E-state index < -0.39 is 0 Å². The van der Waals surface area contributed by atoms with Crippen LogP contribution in [0.15, 0.2) is 28.7 Å². The van der Waals surface area contributed by atoms with E-state index in [1.165, 1.54) is 12.0 Å². The van der Waals surface area contributed by atoms with Gasteiger partial charge in [-0.25, -0.2) is 0 Å². The summed E-state index contributed by atoms with van der Waals surface area (Å²) < 4.78 is 1.15. The fraction of sp³-hybridized carbons (Fsp3) is 0.500. The van der Waals surface area contributed by atoms with Gasteiger partial charge in [0, 0.05) is 10.0 Å². The van der Waals surface area contributed by atoms with Crippen LogP contribution in [0.2, 0.25) is 0 Å². The molecule has 1 aromatic carbocycles. The van der Waals surface area contributed by atoms with Crippen molar-refractivity contribution in [2.75, 3.05) is 0 Å². The second kappa shape index (κ2) is 3.67. The molecule has 0 spiro atoms. The zero-order valence-corrected chi connectivity index (χ0v) is 10.0. The molecule has 0 saturated heterocycles. The summed E-state index contributed by atoms with van der Waals surface area (Å²) in [5.74, 6) is 0.826. The Bertz CT molecular complexity index is 329. The van der Waals surface area contributed by atoms with Gasteiger partial charge in [-0.1, -0.05) is 47.5 Å². The predicted molar refractivity (Wildman–Crippen MR) is 63.0 cm³/mol. The van der Waals surface area contributed by atoms with Gasteiger partial charge in [0.2, 0.25) is 0 Å². The summed E-state index contributed by atoms with van der Waals surface area (Å²) in [6.07, 6.45) is 3.52. The van der Waals surface area contributed by atoms with Crippen molar-refractivity contribution in [2.45, 2.75) is 31.7 Å². The molecule has 0 radical (unpaired) electrons. The number of rotatable bonds is 2. The maximum atomic E-state index is 6.36. The molecule has 2 rings (SSSR count). The summed E-state index contributed by atoms with van der Waals surface area (Å²) in [5, 5.41) is 0. The standard InChI is InChI=1S/C12H16BrN/c1-2-9-7-12(14,8-9)10-5-3-4-6-11(10)13/h3-6,9H,2,7-8,14H2,1H3. The molecule has 0 unspecified atom stereocenters. The van der Waals surface area contributed by atoms with Gasteiger partial charge in [-0.3, -0.25) is 0 Å². The molecular formula is C12H16BrN. The first-order chi connectivity index (χ1) is 6.65. The highest BCUT2D eigenvalue weighted by atomic mass is 79.9. The molecule has 1 aromatic rings. The smallest absolute Gasteiger partial charge is 0.0426 e. The summed E-state index contributed by atoms with van der Waals surface area (Å²) in [6.45, 7) is 2.24. The summed E-state index contributed by atoms with van der Waals surface area (Å²) >= 11 is 3.57. The highest BCUT2D eigenvalue weighted by Crippen LogP contribution is 2.46. The lowest BCUT2D eigenvalue weighted by atomic mass is 9.64. The maximum absolute atomic E-state index is 6.36. The molecular weight excluding hydrogens is 238 g/mol. The number of nitrogens with two attached hydrogens (primary N) is 1. The largest absolute Gasteiger partial charge is 0.321 e. The minimum atomic E-state index is -0.0687. The van der Waals surface area contributed by atoms with Crippen LogP contribution in [-0.2, 0) is 5.54 Å². The van der Waals surface area contributed by atoms with Gasteiger partial charge in [-0.2, -0.15) is 0 Å². The van der Waals surface area contributed by atoms with E-state index in [0.717, 1.165) is 23.2 Å². The fourth-order valence-corrected chi connectivity index (χ4v) is 3.02. The molecule has 1 fully saturated rings. The van der Waals surface area contributed by atoms with E-state index in [4.69, 9.17) is 5.73 Å². The third-order valence-corrected chi connectivity index (χ3v) is 3.98. The van der Waals surface area contributed by atoms with Crippen LogP contribution in [0.4, 0.5) is 0 Å². The summed E-state index contributed by atoms with van der Waals surface area (Å²) in [6, 6.07) is 8.31. The van der Waals surface area contributed by atoms with Crippen LogP contribution in [0.5, 0.6) is 0 Å². The van der Waals surface area contributed by atoms with Gasteiger partial charge >= 0.3 is 0 Å². The first kappa shape index (κ1) is 10.2. The van der Waals surface area contributed by atoms with Crippen LogP contribution in [0.25, 0.3) is 0 Å². The Labute approximate surface area is 93.8 Å². The number of hydrogen-bond acceptors (Lipinski definition) is 1. The zero-order valence-electron chi connectivity index (χ0n) is 8.46. The minimum Gasteiger partial charge on any atom is -0.321 e. The van der Waals surface area contributed by atoms with Crippen molar-refractivity contribution in [3.8, 4) is 0 Å². The van der Waals surface area contributed by atoms with Crippen molar-refractivity contribution in [3.63, 3.8) is 0 Å². The van der Waals surface area contributed by atoms with Crippen molar-refractivity contribution >= 4 is 15.9 Å². The molecule has 0 atom stereocenters. The molecule has 2 heteroatoms. The van der Waals surface area contributed by atoms with E-state index in [1.54, 1.807) is 0 Å². The van der Waals surface area contributed by atoms with E-state index in [2.05, 4.69) is 41.1 Å². The highest BCUT2D eigenvalue weighted by molar-refractivity contribution is 9.10. The molecule has 0 heterocycles. The molecule has 0 bridgehead atoms. The molecule has 76 valence electrons. The topological polar surface area (TPSA) is 26.0 Å². The number of hydrogen-bond donors (Lipinski definition) is 1. The molecule has 1 aliphatic carbocycles. The van der Waals surface area contributed by atoms with Gasteiger partial charge in [0.1, 0.15) is 0 Å². The van der Waals surface area contributed by atoms with Gasteiger partial charge in [0.05, 0.1) is 0 Å². The average Bonchev–Trinajstić information content (AvgIpc) is 2.13. The van der Waals surface area contributed by atoms with E-state index >= 15 is 0 Å². The Morgan fingerprint density at radius 2 is 2.07 bits per heavy atom. The summed E-state index contributed by atoms with van der Waals surface area (Å²) in [4.78, 5) is 0. The normalized spacial score (nSPS) is 31.2. The van der Waals surface area contributed by atoms with Crippen molar-refractivity contribution < 1.29 is 0 Å². The van der Waals surface area contributed by atoms with Gasteiger partial charge < -0.3 is 5.73 Å². The lowest BCUT2D eigenvalue weighted by Gasteiger charge is -2.45. The van der Waals surface area contributed by atoms with Gasteiger partial charge in [0.25, 0.3) is 0 Å². The van der Waals surface area contributed by atoms with Crippen LogP contribution in [0, 0.1) is 5.92 Å². The van der Waals surface area contributed by atoms with Crippen LogP contribution < -0.4 is 5.73 Å². The van der Waals surface area contributed by atoms with E-state index in [9.17, 15) is 0 Å². The van der Waals surface area contributed by atoms with Crippen molar-refractivity contribution in [1.82, 2.24) is 0 Å². The summed E-state index contributed by atoms with van der Waals surface area (Å²) in [7, 11) is 0. The molecule has 14 heavy (non-hydrogen) atoms. The zero-order chi connectivity index (χ0) is 10.2. The Kier molecular flexibility index (Phi) is 2.67. The molecule has 1 aliphatic rings. The van der Waals surface area contributed by atoms with Crippen LogP contribution >= 0.6 is 15.9 Å². The lowest BCUT2D eigenvalue weighted by Crippen LogP contribution is -2.48. The van der Waals surface area contributed by atoms with Crippen molar-refractivity contribution in [2.24, 2.45) is 11.7 Å². The van der Waals surface area contributed by atoms with Gasteiger partial charge in [0.15, 0.2) is 0 Å². The number of halogens is 1.